The number of rotatable bonds is 2. The van der Waals surface area contributed by atoms with E-state index in [0.717, 1.165) is 13.1 Å². The van der Waals surface area contributed by atoms with E-state index in [1.165, 1.54) is 0 Å². The summed E-state index contributed by atoms with van der Waals surface area (Å²) in [6.45, 7) is 2.93. The summed E-state index contributed by atoms with van der Waals surface area (Å²) >= 11 is 3.99. The van der Waals surface area contributed by atoms with Crippen LogP contribution >= 0.6 is 45.2 Å². The highest BCUT2D eigenvalue weighted by Crippen LogP contribution is 1.98. The molecule has 1 heterocycles. The van der Waals surface area contributed by atoms with Gasteiger partial charge in [-0.05, 0) is 0 Å². The van der Waals surface area contributed by atoms with Gasteiger partial charge in [0.25, 0.3) is 0 Å². The quantitative estimate of drug-likeness (QED) is 0.493. The number of nitrogens with two attached hydrogens (primary N) is 1. The van der Waals surface area contributed by atoms with Crippen LogP contribution in [0.25, 0.3) is 0 Å². The number of primary amides is 1. The maximum atomic E-state index is 11.0. The molecule has 88 valence electrons. The zero-order chi connectivity index (χ0) is 11.7. The van der Waals surface area contributed by atoms with Crippen LogP contribution in [0.2, 0.25) is 0 Å². The first-order valence-corrected chi connectivity index (χ1v) is 7.42. The SMILES string of the molecule is NC(=O)CI.O=C(CI)N1CCOCC1. The van der Waals surface area contributed by atoms with Crippen molar-refractivity contribution in [1.29, 1.82) is 0 Å². The summed E-state index contributed by atoms with van der Waals surface area (Å²) in [7, 11) is 0. The first-order chi connectivity index (χ1) is 7.11. The lowest BCUT2D eigenvalue weighted by molar-refractivity contribution is -0.132. The fraction of sp³-hybridized carbons (Fsp3) is 0.750. The number of carbonyl (C=O) groups excluding carboxylic acids is 2. The first-order valence-electron chi connectivity index (χ1n) is 4.37. The second-order valence-corrected chi connectivity index (χ2v) is 4.25. The lowest BCUT2D eigenvalue weighted by Crippen LogP contribution is -2.41. The van der Waals surface area contributed by atoms with Crippen molar-refractivity contribution in [1.82, 2.24) is 4.90 Å². The molecule has 1 rings (SSSR count). The van der Waals surface area contributed by atoms with Crippen molar-refractivity contribution in [3.05, 3.63) is 0 Å². The van der Waals surface area contributed by atoms with Crippen molar-refractivity contribution in [3.8, 4) is 0 Å². The van der Waals surface area contributed by atoms with Gasteiger partial charge in [0.05, 0.1) is 22.1 Å². The molecular weight excluding hydrogens is 426 g/mol. The average molecular weight is 440 g/mol. The van der Waals surface area contributed by atoms with Crippen LogP contribution in [0.3, 0.4) is 0 Å². The van der Waals surface area contributed by atoms with Crippen molar-refractivity contribution in [2.24, 2.45) is 5.73 Å². The Bertz CT molecular complexity index is 208. The highest BCUT2D eigenvalue weighted by Gasteiger charge is 2.14. The van der Waals surface area contributed by atoms with Gasteiger partial charge >= 0.3 is 0 Å². The number of nitrogens with zero attached hydrogens (tertiary/aromatic N) is 1. The molecule has 0 saturated carbocycles. The summed E-state index contributed by atoms with van der Waals surface area (Å²) in [5.74, 6) is -0.0329. The van der Waals surface area contributed by atoms with E-state index in [1.807, 2.05) is 27.5 Å². The molecule has 1 aliphatic heterocycles. The third kappa shape index (κ3) is 8.20. The molecule has 0 aromatic carbocycles. The van der Waals surface area contributed by atoms with Crippen molar-refractivity contribution in [2.75, 3.05) is 35.2 Å². The van der Waals surface area contributed by atoms with Crippen molar-refractivity contribution in [2.45, 2.75) is 0 Å². The normalized spacial score (nSPS) is 15.2. The Balaban J connectivity index is 0.000000336. The van der Waals surface area contributed by atoms with Gasteiger partial charge in [-0.3, -0.25) is 9.59 Å². The monoisotopic (exact) mass is 440 g/mol. The number of morpholine rings is 1. The molecule has 0 aliphatic carbocycles. The maximum Gasteiger partial charge on any atom is 0.232 e. The molecule has 0 bridgehead atoms. The third-order valence-corrected chi connectivity index (χ3v) is 3.01. The van der Waals surface area contributed by atoms with E-state index < -0.39 is 0 Å². The van der Waals surface area contributed by atoms with Gasteiger partial charge in [-0.15, -0.1) is 0 Å². The number of hydrogen-bond acceptors (Lipinski definition) is 3. The smallest absolute Gasteiger partial charge is 0.232 e. The van der Waals surface area contributed by atoms with Crippen LogP contribution in [0, 0.1) is 0 Å². The fourth-order valence-corrected chi connectivity index (χ4v) is 1.38. The minimum atomic E-state index is -0.259. The van der Waals surface area contributed by atoms with Crippen LogP contribution in [-0.4, -0.2) is 51.9 Å². The molecule has 0 atom stereocenters. The Morgan fingerprint density at radius 1 is 1.20 bits per heavy atom. The van der Waals surface area contributed by atoms with Gasteiger partial charge in [-0.25, -0.2) is 0 Å². The van der Waals surface area contributed by atoms with Crippen LogP contribution < -0.4 is 5.73 Å². The van der Waals surface area contributed by atoms with E-state index in [9.17, 15) is 9.59 Å². The Morgan fingerprint density at radius 2 is 1.67 bits per heavy atom. The molecular formula is C8H14I2N2O3. The molecule has 0 aromatic heterocycles. The van der Waals surface area contributed by atoms with Gasteiger partial charge in [0.2, 0.25) is 11.8 Å². The number of alkyl halides is 2. The number of ether oxygens (including phenoxy) is 1. The van der Waals surface area contributed by atoms with Crippen molar-refractivity contribution < 1.29 is 14.3 Å². The topological polar surface area (TPSA) is 72.6 Å². The van der Waals surface area contributed by atoms with Crippen molar-refractivity contribution in [3.63, 3.8) is 0 Å². The zero-order valence-corrected chi connectivity index (χ0v) is 12.6. The molecule has 0 unspecified atom stereocenters. The van der Waals surface area contributed by atoms with Crippen LogP contribution in [-0.2, 0) is 14.3 Å². The van der Waals surface area contributed by atoms with Gasteiger partial charge in [0.1, 0.15) is 0 Å². The molecule has 7 heteroatoms. The second kappa shape index (κ2) is 9.58. The summed E-state index contributed by atoms with van der Waals surface area (Å²) < 4.78 is 6.09. The van der Waals surface area contributed by atoms with Gasteiger partial charge in [0.15, 0.2) is 0 Å². The van der Waals surface area contributed by atoms with Gasteiger partial charge in [-0.2, -0.15) is 0 Å². The minimum Gasteiger partial charge on any atom is -0.378 e. The number of amides is 2. The van der Waals surface area contributed by atoms with Crippen LogP contribution in [0.5, 0.6) is 0 Å². The average Bonchev–Trinajstić information content (AvgIpc) is 2.30. The molecule has 0 aromatic rings. The van der Waals surface area contributed by atoms with E-state index in [1.54, 1.807) is 0 Å². The molecule has 1 aliphatic rings. The van der Waals surface area contributed by atoms with Gasteiger partial charge in [0, 0.05) is 13.1 Å². The number of halogens is 2. The lowest BCUT2D eigenvalue weighted by Gasteiger charge is -2.25. The fourth-order valence-electron chi connectivity index (χ4n) is 0.897. The molecule has 2 N–H and O–H groups in total. The largest absolute Gasteiger partial charge is 0.378 e. The Hall–Kier alpha value is 0.360. The van der Waals surface area contributed by atoms with Gasteiger partial charge < -0.3 is 15.4 Å². The number of carbonyl (C=O) groups is 2. The zero-order valence-electron chi connectivity index (χ0n) is 8.25. The van der Waals surface area contributed by atoms with Gasteiger partial charge in [-0.1, -0.05) is 45.2 Å². The highest BCUT2D eigenvalue weighted by molar-refractivity contribution is 14.1. The summed E-state index contributed by atoms with van der Waals surface area (Å²) in [5.41, 5.74) is 4.65. The molecule has 1 saturated heterocycles. The molecule has 1 fully saturated rings. The van der Waals surface area contributed by atoms with Crippen LogP contribution in [0.15, 0.2) is 0 Å². The van der Waals surface area contributed by atoms with E-state index in [2.05, 4.69) is 28.3 Å². The van der Waals surface area contributed by atoms with E-state index in [-0.39, 0.29) is 11.8 Å². The molecule has 0 spiro atoms. The minimum absolute atomic E-state index is 0.226. The van der Waals surface area contributed by atoms with E-state index in [4.69, 9.17) is 4.74 Å². The van der Waals surface area contributed by atoms with Crippen LogP contribution in [0.1, 0.15) is 0 Å². The Kier molecular flexibility index (Phi) is 9.81. The van der Waals surface area contributed by atoms with Crippen LogP contribution in [0.4, 0.5) is 0 Å². The molecule has 2 amide bonds. The standard InChI is InChI=1S/C6H10INO2.C2H4INO/c7-5-6(9)8-1-3-10-4-2-8;3-1-2(4)5/h1-5H2;1H2,(H2,4,5). The second-order valence-electron chi connectivity index (χ2n) is 2.73. The van der Waals surface area contributed by atoms with Crippen molar-refractivity contribution >= 4 is 57.0 Å². The summed E-state index contributed by atoms with van der Waals surface area (Å²) in [6, 6.07) is 0. The number of hydrogen-bond donors (Lipinski definition) is 1. The Morgan fingerprint density at radius 3 is 2.00 bits per heavy atom. The maximum absolute atomic E-state index is 11.0. The highest BCUT2D eigenvalue weighted by atomic mass is 127. The molecule has 5 nitrogen and oxygen atoms in total. The van der Waals surface area contributed by atoms with E-state index >= 15 is 0 Å². The first kappa shape index (κ1) is 15.4. The lowest BCUT2D eigenvalue weighted by atomic mass is 10.4. The predicted octanol–water partition coefficient (Wildman–Crippen LogP) is 0.187. The summed E-state index contributed by atoms with van der Waals surface area (Å²) in [5, 5.41) is 0. The molecule has 15 heavy (non-hydrogen) atoms. The Labute approximate surface area is 116 Å². The summed E-state index contributed by atoms with van der Waals surface area (Å²) in [4.78, 5) is 22.5. The van der Waals surface area contributed by atoms with E-state index in [0.29, 0.717) is 22.1 Å². The summed E-state index contributed by atoms with van der Waals surface area (Å²) in [6.07, 6.45) is 0. The third-order valence-electron chi connectivity index (χ3n) is 1.61. The molecule has 0 radical (unpaired) electrons. The predicted molar refractivity (Wildman–Crippen MR) is 74.4 cm³/mol.